The molecule has 0 bridgehead atoms. The van der Waals surface area contributed by atoms with Crippen molar-refractivity contribution < 1.29 is 4.74 Å². The minimum absolute atomic E-state index is 0.206. The number of fused-ring (bicyclic) bond motifs is 1. The molecule has 1 aliphatic rings. The molecule has 3 rings (SSSR count). The molecule has 4 heteroatoms. The van der Waals surface area contributed by atoms with E-state index in [1.54, 1.807) is 0 Å². The highest BCUT2D eigenvalue weighted by Crippen LogP contribution is 2.26. The zero-order valence-corrected chi connectivity index (χ0v) is 8.84. The first-order valence-corrected chi connectivity index (χ1v) is 5.37. The topological polar surface area (TPSA) is 52.5 Å². The van der Waals surface area contributed by atoms with Crippen molar-refractivity contribution >= 4 is 5.52 Å². The van der Waals surface area contributed by atoms with Crippen LogP contribution in [0.1, 0.15) is 18.0 Å². The Balaban J connectivity index is 2.05. The maximum Gasteiger partial charge on any atom is 0.113 e. The highest BCUT2D eigenvalue weighted by Gasteiger charge is 2.19. The Hall–Kier alpha value is -1.81. The van der Waals surface area contributed by atoms with Crippen molar-refractivity contribution in [1.29, 1.82) is 0 Å². The van der Waals surface area contributed by atoms with Gasteiger partial charge in [0.1, 0.15) is 5.76 Å². The van der Waals surface area contributed by atoms with E-state index in [2.05, 4.69) is 11.2 Å². The maximum absolute atomic E-state index is 6.16. The highest BCUT2D eigenvalue weighted by molar-refractivity contribution is 5.56. The van der Waals surface area contributed by atoms with Gasteiger partial charge in [-0.25, -0.2) is 4.52 Å². The first-order valence-electron chi connectivity index (χ1n) is 5.37. The number of rotatable bonds is 2. The minimum Gasteiger partial charge on any atom is -0.496 e. The predicted octanol–water partition coefficient (Wildman–Crippen LogP) is 1.64. The summed E-state index contributed by atoms with van der Waals surface area (Å²) < 4.78 is 7.31. The third-order valence-corrected chi connectivity index (χ3v) is 2.83. The molecule has 0 aromatic carbocycles. The van der Waals surface area contributed by atoms with Gasteiger partial charge in [-0.05, 0) is 18.2 Å². The molecule has 3 heterocycles. The average Bonchev–Trinajstić information content (AvgIpc) is 2.98. The SMILES string of the molecule is NC(C1=CCCO1)c1cnn2ccccc12. The van der Waals surface area contributed by atoms with E-state index in [0.29, 0.717) is 0 Å². The number of ether oxygens (including phenoxy) is 1. The van der Waals surface area contributed by atoms with Crippen LogP contribution in [0.5, 0.6) is 0 Å². The summed E-state index contributed by atoms with van der Waals surface area (Å²) in [4.78, 5) is 0. The Morgan fingerprint density at radius 1 is 1.44 bits per heavy atom. The molecule has 1 unspecified atom stereocenters. The van der Waals surface area contributed by atoms with Gasteiger partial charge in [0.2, 0.25) is 0 Å². The fourth-order valence-corrected chi connectivity index (χ4v) is 2.00. The van der Waals surface area contributed by atoms with Gasteiger partial charge < -0.3 is 10.5 Å². The van der Waals surface area contributed by atoms with E-state index in [9.17, 15) is 0 Å². The smallest absolute Gasteiger partial charge is 0.113 e. The van der Waals surface area contributed by atoms with Gasteiger partial charge in [0.05, 0.1) is 24.4 Å². The Morgan fingerprint density at radius 2 is 2.38 bits per heavy atom. The first-order chi connectivity index (χ1) is 7.86. The number of hydrogen-bond donors (Lipinski definition) is 1. The van der Waals surface area contributed by atoms with Crippen LogP contribution in [0, 0.1) is 0 Å². The van der Waals surface area contributed by atoms with Crippen molar-refractivity contribution in [3.8, 4) is 0 Å². The minimum atomic E-state index is -0.206. The number of nitrogens with two attached hydrogens (primary N) is 1. The second-order valence-corrected chi connectivity index (χ2v) is 3.85. The van der Waals surface area contributed by atoms with Crippen LogP contribution in [0.2, 0.25) is 0 Å². The van der Waals surface area contributed by atoms with Crippen LogP contribution in [-0.4, -0.2) is 16.2 Å². The summed E-state index contributed by atoms with van der Waals surface area (Å²) in [5.41, 5.74) is 8.21. The monoisotopic (exact) mass is 215 g/mol. The van der Waals surface area contributed by atoms with Crippen LogP contribution in [-0.2, 0) is 4.74 Å². The highest BCUT2D eigenvalue weighted by atomic mass is 16.5. The van der Waals surface area contributed by atoms with Gasteiger partial charge in [0.15, 0.2) is 0 Å². The largest absolute Gasteiger partial charge is 0.496 e. The summed E-state index contributed by atoms with van der Waals surface area (Å²) in [6.45, 7) is 0.738. The molecule has 0 amide bonds. The van der Waals surface area contributed by atoms with E-state index >= 15 is 0 Å². The van der Waals surface area contributed by atoms with Crippen LogP contribution in [0.4, 0.5) is 0 Å². The van der Waals surface area contributed by atoms with Crippen molar-refractivity contribution in [2.75, 3.05) is 6.61 Å². The molecule has 0 radical (unpaired) electrons. The zero-order chi connectivity index (χ0) is 11.0. The molecule has 16 heavy (non-hydrogen) atoms. The lowest BCUT2D eigenvalue weighted by atomic mass is 10.1. The van der Waals surface area contributed by atoms with Crippen LogP contribution in [0.3, 0.4) is 0 Å². The molecule has 0 saturated heterocycles. The lowest BCUT2D eigenvalue weighted by Crippen LogP contribution is -2.13. The first kappa shape index (κ1) is 9.42. The van der Waals surface area contributed by atoms with E-state index in [0.717, 1.165) is 29.9 Å². The van der Waals surface area contributed by atoms with Gasteiger partial charge in [-0.15, -0.1) is 0 Å². The molecule has 4 nitrogen and oxygen atoms in total. The summed E-state index contributed by atoms with van der Waals surface area (Å²) in [6.07, 6.45) is 6.72. The van der Waals surface area contributed by atoms with E-state index in [1.165, 1.54) is 0 Å². The molecule has 82 valence electrons. The van der Waals surface area contributed by atoms with Gasteiger partial charge in [-0.3, -0.25) is 0 Å². The van der Waals surface area contributed by atoms with Crippen molar-refractivity contribution in [2.24, 2.45) is 5.73 Å². The quantitative estimate of drug-likeness (QED) is 0.828. The molecule has 1 aliphatic heterocycles. The lowest BCUT2D eigenvalue weighted by Gasteiger charge is -2.11. The van der Waals surface area contributed by atoms with Crippen molar-refractivity contribution in [3.05, 3.63) is 48.0 Å². The van der Waals surface area contributed by atoms with Crippen molar-refractivity contribution in [3.63, 3.8) is 0 Å². The molecule has 0 spiro atoms. The summed E-state index contributed by atoms with van der Waals surface area (Å²) in [6, 6.07) is 5.73. The van der Waals surface area contributed by atoms with Gasteiger partial charge in [-0.1, -0.05) is 6.07 Å². The van der Waals surface area contributed by atoms with E-state index in [-0.39, 0.29) is 6.04 Å². The van der Waals surface area contributed by atoms with Gasteiger partial charge in [-0.2, -0.15) is 5.10 Å². The van der Waals surface area contributed by atoms with Crippen LogP contribution >= 0.6 is 0 Å². The Morgan fingerprint density at radius 3 is 3.19 bits per heavy atom. The summed E-state index contributed by atoms with van der Waals surface area (Å²) in [7, 11) is 0. The van der Waals surface area contributed by atoms with E-state index in [4.69, 9.17) is 10.5 Å². The molecular weight excluding hydrogens is 202 g/mol. The molecule has 2 N–H and O–H groups in total. The summed E-state index contributed by atoms with van der Waals surface area (Å²) in [5, 5.41) is 4.27. The molecule has 0 fully saturated rings. The molecule has 0 saturated carbocycles. The number of hydrogen-bond acceptors (Lipinski definition) is 3. The lowest BCUT2D eigenvalue weighted by molar-refractivity contribution is 0.225. The number of pyridine rings is 1. The molecule has 0 aliphatic carbocycles. The van der Waals surface area contributed by atoms with Crippen molar-refractivity contribution in [1.82, 2.24) is 9.61 Å². The number of aromatic nitrogens is 2. The van der Waals surface area contributed by atoms with Crippen LogP contribution in [0.15, 0.2) is 42.4 Å². The Kier molecular flexibility index (Phi) is 2.15. The Labute approximate surface area is 93.3 Å². The second kappa shape index (κ2) is 3.64. The van der Waals surface area contributed by atoms with Gasteiger partial charge in [0, 0.05) is 18.2 Å². The van der Waals surface area contributed by atoms with Gasteiger partial charge >= 0.3 is 0 Å². The van der Waals surface area contributed by atoms with Gasteiger partial charge in [0.25, 0.3) is 0 Å². The predicted molar refractivity (Wildman–Crippen MR) is 60.8 cm³/mol. The number of nitrogens with zero attached hydrogens (tertiary/aromatic N) is 2. The second-order valence-electron chi connectivity index (χ2n) is 3.85. The summed E-state index contributed by atoms with van der Waals surface area (Å²) in [5.74, 6) is 0.860. The molecule has 1 atom stereocenters. The molecular formula is C12H13N3O. The normalized spacial score (nSPS) is 17.2. The fourth-order valence-electron chi connectivity index (χ4n) is 2.00. The van der Waals surface area contributed by atoms with E-state index in [1.807, 2.05) is 35.1 Å². The maximum atomic E-state index is 6.16. The summed E-state index contributed by atoms with van der Waals surface area (Å²) >= 11 is 0. The average molecular weight is 215 g/mol. The standard InChI is InChI=1S/C12H13N3O/c13-12(11-5-3-7-16-11)9-8-14-15-6-2-1-4-10(9)15/h1-2,4-6,8,12H,3,7,13H2. The third kappa shape index (κ3) is 1.39. The Bertz CT molecular complexity index is 544. The third-order valence-electron chi connectivity index (χ3n) is 2.83. The van der Waals surface area contributed by atoms with Crippen LogP contribution < -0.4 is 5.73 Å². The zero-order valence-electron chi connectivity index (χ0n) is 8.84. The molecule has 2 aromatic rings. The fraction of sp³-hybridized carbons (Fsp3) is 0.250. The van der Waals surface area contributed by atoms with E-state index < -0.39 is 0 Å². The van der Waals surface area contributed by atoms with Crippen LogP contribution in [0.25, 0.3) is 5.52 Å². The molecule has 2 aromatic heterocycles. The van der Waals surface area contributed by atoms with Crippen molar-refractivity contribution in [2.45, 2.75) is 12.5 Å².